The standard InChI is InChI=1S/C48H30O2/c49-47-45-41-25-37-33(29-13-5-1-6-14-29)21-22-34(30-15-7-2-8-16-30)38(37)26-42(41)46(48(47)50)44-28-40-36(32-19-11-4-12-20-32)24-23-35(39(40)27-43(44)45)31-17-9-3-10-18-31/h1-28,45-46H. The first kappa shape index (κ1) is 28.6. The minimum atomic E-state index is -0.653. The maximum atomic E-state index is 14.1. The lowest BCUT2D eigenvalue weighted by molar-refractivity contribution is -0.138. The Balaban J connectivity index is 1.28. The molecule has 11 rings (SSSR count). The SMILES string of the molecule is O=C1C(=O)C2c3cc4c(-c5ccccc5)ccc(-c5ccccc5)c4cc3C1c1cc3c(-c4ccccc4)ccc(-c4ccccc4)c3cc12. The summed E-state index contributed by atoms with van der Waals surface area (Å²) >= 11 is 0. The smallest absolute Gasteiger partial charge is 0.211 e. The number of fused-ring (bicyclic) bond motifs is 3. The molecule has 0 heterocycles. The quantitative estimate of drug-likeness (QED) is 0.180. The molecule has 3 aliphatic carbocycles. The molecule has 0 spiro atoms. The summed E-state index contributed by atoms with van der Waals surface area (Å²) in [5, 5.41) is 4.34. The average molecular weight is 639 g/mol. The van der Waals surface area contributed by atoms with E-state index in [-0.39, 0.29) is 11.6 Å². The molecule has 2 bridgehead atoms. The lowest BCUT2D eigenvalue weighted by Crippen LogP contribution is -2.40. The summed E-state index contributed by atoms with van der Waals surface area (Å²) in [6.07, 6.45) is 0. The molecule has 0 fully saturated rings. The van der Waals surface area contributed by atoms with Crippen molar-refractivity contribution >= 4 is 33.1 Å². The summed E-state index contributed by atoms with van der Waals surface area (Å²) in [6.45, 7) is 0. The van der Waals surface area contributed by atoms with Crippen molar-refractivity contribution in [3.8, 4) is 44.5 Å². The molecule has 0 amide bonds. The second-order valence-electron chi connectivity index (χ2n) is 13.4. The van der Waals surface area contributed by atoms with Crippen LogP contribution in [0.2, 0.25) is 0 Å². The first-order valence-electron chi connectivity index (χ1n) is 17.2. The largest absolute Gasteiger partial charge is 0.290 e. The molecule has 8 aromatic carbocycles. The van der Waals surface area contributed by atoms with E-state index in [9.17, 15) is 9.59 Å². The van der Waals surface area contributed by atoms with Crippen LogP contribution in [0, 0.1) is 0 Å². The van der Waals surface area contributed by atoms with E-state index >= 15 is 0 Å². The Kier molecular flexibility index (Phi) is 6.34. The van der Waals surface area contributed by atoms with Crippen LogP contribution in [0.3, 0.4) is 0 Å². The average Bonchev–Trinajstić information content (AvgIpc) is 3.18. The molecule has 0 aliphatic heterocycles. The summed E-state index contributed by atoms with van der Waals surface area (Å²) < 4.78 is 0. The van der Waals surface area contributed by atoms with Crippen molar-refractivity contribution < 1.29 is 9.59 Å². The fourth-order valence-electron chi connectivity index (χ4n) is 8.51. The van der Waals surface area contributed by atoms with Gasteiger partial charge >= 0.3 is 0 Å². The molecule has 0 radical (unpaired) electrons. The Bertz CT molecular complexity index is 2300. The zero-order valence-electron chi connectivity index (χ0n) is 27.1. The van der Waals surface area contributed by atoms with Crippen molar-refractivity contribution in [2.24, 2.45) is 0 Å². The Morgan fingerprint density at radius 1 is 0.280 bits per heavy atom. The Hall–Kier alpha value is -6.38. The molecule has 0 aromatic heterocycles. The van der Waals surface area contributed by atoms with Gasteiger partial charge in [0.25, 0.3) is 0 Å². The number of rotatable bonds is 4. The van der Waals surface area contributed by atoms with Crippen LogP contribution >= 0.6 is 0 Å². The number of ketones is 2. The van der Waals surface area contributed by atoms with Crippen LogP contribution in [0.25, 0.3) is 66.1 Å². The van der Waals surface area contributed by atoms with Gasteiger partial charge in [-0.2, -0.15) is 0 Å². The van der Waals surface area contributed by atoms with Crippen LogP contribution in [-0.4, -0.2) is 11.6 Å². The van der Waals surface area contributed by atoms with E-state index in [1.165, 1.54) is 0 Å². The zero-order valence-corrected chi connectivity index (χ0v) is 27.1. The lowest BCUT2D eigenvalue weighted by atomic mass is 9.61. The van der Waals surface area contributed by atoms with Gasteiger partial charge in [0.2, 0.25) is 11.6 Å². The van der Waals surface area contributed by atoms with E-state index in [2.05, 4.69) is 146 Å². The number of Topliss-reactive ketones (excluding diaryl/α,β-unsaturated/α-hetero) is 2. The van der Waals surface area contributed by atoms with Gasteiger partial charge in [0, 0.05) is 0 Å². The van der Waals surface area contributed by atoms with Gasteiger partial charge in [0.15, 0.2) is 0 Å². The molecule has 3 aliphatic rings. The van der Waals surface area contributed by atoms with Gasteiger partial charge in [-0.1, -0.05) is 146 Å². The third-order valence-corrected chi connectivity index (χ3v) is 10.8. The molecule has 50 heavy (non-hydrogen) atoms. The van der Waals surface area contributed by atoms with Crippen molar-refractivity contribution in [2.45, 2.75) is 11.8 Å². The van der Waals surface area contributed by atoms with E-state index in [1.807, 2.05) is 24.3 Å². The molecular weight excluding hydrogens is 609 g/mol. The van der Waals surface area contributed by atoms with Gasteiger partial charge in [-0.3, -0.25) is 9.59 Å². The zero-order chi connectivity index (χ0) is 33.3. The third-order valence-electron chi connectivity index (χ3n) is 10.8. The van der Waals surface area contributed by atoms with Gasteiger partial charge in [-0.25, -0.2) is 0 Å². The number of carbonyl (C=O) groups excluding carboxylic acids is 2. The summed E-state index contributed by atoms with van der Waals surface area (Å²) in [4.78, 5) is 28.2. The normalized spacial score (nSPS) is 16.1. The van der Waals surface area contributed by atoms with Crippen molar-refractivity contribution in [1.29, 1.82) is 0 Å². The predicted molar refractivity (Wildman–Crippen MR) is 203 cm³/mol. The maximum Gasteiger partial charge on any atom is 0.211 e. The second kappa shape index (κ2) is 11.1. The monoisotopic (exact) mass is 638 g/mol. The number of carbonyl (C=O) groups is 2. The van der Waals surface area contributed by atoms with Crippen molar-refractivity contribution in [3.05, 3.63) is 192 Å². The topological polar surface area (TPSA) is 34.1 Å². The summed E-state index contributed by atoms with van der Waals surface area (Å²) in [6, 6.07) is 59.3. The minimum Gasteiger partial charge on any atom is -0.290 e. The molecule has 2 nitrogen and oxygen atoms in total. The van der Waals surface area contributed by atoms with E-state index < -0.39 is 11.8 Å². The minimum absolute atomic E-state index is 0.311. The number of hydrogen-bond acceptors (Lipinski definition) is 2. The molecular formula is C48H30O2. The molecule has 0 saturated heterocycles. The molecule has 8 aromatic rings. The van der Waals surface area contributed by atoms with Crippen LogP contribution in [0.15, 0.2) is 170 Å². The van der Waals surface area contributed by atoms with Gasteiger partial charge < -0.3 is 0 Å². The molecule has 2 heteroatoms. The first-order valence-corrected chi connectivity index (χ1v) is 17.2. The first-order chi connectivity index (χ1) is 24.7. The highest BCUT2D eigenvalue weighted by atomic mass is 16.2. The molecule has 234 valence electrons. The summed E-state index contributed by atoms with van der Waals surface area (Å²) in [7, 11) is 0. The van der Waals surface area contributed by atoms with E-state index in [4.69, 9.17) is 0 Å². The van der Waals surface area contributed by atoms with Crippen molar-refractivity contribution in [1.82, 2.24) is 0 Å². The Morgan fingerprint density at radius 2 is 0.500 bits per heavy atom. The van der Waals surface area contributed by atoms with Crippen LogP contribution in [0.5, 0.6) is 0 Å². The molecule has 0 unspecified atom stereocenters. The van der Waals surface area contributed by atoms with Gasteiger partial charge in [0.05, 0.1) is 11.8 Å². The van der Waals surface area contributed by atoms with Gasteiger partial charge in [-0.05, 0) is 113 Å². The van der Waals surface area contributed by atoms with Gasteiger partial charge in [-0.15, -0.1) is 0 Å². The highest BCUT2D eigenvalue weighted by Gasteiger charge is 2.49. The second-order valence-corrected chi connectivity index (χ2v) is 13.4. The van der Waals surface area contributed by atoms with E-state index in [1.54, 1.807) is 0 Å². The van der Waals surface area contributed by atoms with Gasteiger partial charge in [0.1, 0.15) is 0 Å². The fourth-order valence-corrected chi connectivity index (χ4v) is 8.51. The van der Waals surface area contributed by atoms with Crippen molar-refractivity contribution in [3.63, 3.8) is 0 Å². The lowest BCUT2D eigenvalue weighted by Gasteiger charge is -2.39. The molecule has 0 atom stereocenters. The van der Waals surface area contributed by atoms with E-state index in [0.29, 0.717) is 0 Å². The number of benzene rings is 8. The Morgan fingerprint density at radius 3 is 0.720 bits per heavy atom. The third kappa shape index (κ3) is 4.22. The highest BCUT2D eigenvalue weighted by molar-refractivity contribution is 6.45. The van der Waals surface area contributed by atoms with Crippen molar-refractivity contribution in [2.75, 3.05) is 0 Å². The van der Waals surface area contributed by atoms with Crippen LogP contribution in [-0.2, 0) is 9.59 Å². The van der Waals surface area contributed by atoms with E-state index in [0.717, 1.165) is 88.3 Å². The number of hydrogen-bond donors (Lipinski definition) is 0. The Labute approximate surface area is 290 Å². The summed E-state index contributed by atoms with van der Waals surface area (Å²) in [5.41, 5.74) is 12.7. The summed E-state index contributed by atoms with van der Waals surface area (Å²) in [5.74, 6) is -1.93. The highest BCUT2D eigenvalue weighted by Crippen LogP contribution is 2.54. The maximum absolute atomic E-state index is 14.1. The molecule has 0 saturated carbocycles. The molecule has 0 N–H and O–H groups in total. The van der Waals surface area contributed by atoms with Crippen LogP contribution in [0.1, 0.15) is 34.1 Å². The van der Waals surface area contributed by atoms with Crippen LogP contribution in [0.4, 0.5) is 0 Å². The van der Waals surface area contributed by atoms with Crippen LogP contribution < -0.4 is 0 Å². The predicted octanol–water partition coefficient (Wildman–Crippen LogP) is 11.4. The fraction of sp³-hybridized carbons (Fsp3) is 0.0417.